The molecule has 4 rings (SSSR count). The number of thiazole rings is 1. The van der Waals surface area contributed by atoms with E-state index in [0.717, 1.165) is 29.4 Å². The minimum Gasteiger partial charge on any atom is -0.363 e. The molecular weight excluding hydrogens is 351 g/mol. The first kappa shape index (κ1) is 16.6. The lowest BCUT2D eigenvalue weighted by Crippen LogP contribution is -2.07. The third-order valence-electron chi connectivity index (χ3n) is 3.93. The van der Waals surface area contributed by atoms with Crippen molar-refractivity contribution in [3.05, 3.63) is 58.6 Å². The van der Waals surface area contributed by atoms with E-state index in [-0.39, 0.29) is 5.82 Å². The average molecular weight is 368 g/mol. The molecule has 0 aliphatic heterocycles. The van der Waals surface area contributed by atoms with Crippen LogP contribution in [0.1, 0.15) is 24.0 Å². The van der Waals surface area contributed by atoms with Gasteiger partial charge in [0.25, 0.3) is 5.78 Å². The first-order chi connectivity index (χ1) is 12.7. The lowest BCUT2D eigenvalue weighted by molar-refractivity contribution is 0.631. The number of rotatable bonds is 6. The van der Waals surface area contributed by atoms with E-state index in [1.807, 2.05) is 17.5 Å². The molecule has 132 valence electrons. The molecule has 0 atom stereocenters. The van der Waals surface area contributed by atoms with Gasteiger partial charge in [0.2, 0.25) is 0 Å². The zero-order valence-electron chi connectivity index (χ0n) is 14.2. The highest BCUT2D eigenvalue weighted by Crippen LogP contribution is 2.25. The van der Waals surface area contributed by atoms with Crippen molar-refractivity contribution >= 4 is 22.9 Å². The summed E-state index contributed by atoms with van der Waals surface area (Å²) in [6.45, 7) is 2.63. The normalized spacial score (nSPS) is 11.2. The molecule has 8 heteroatoms. The molecule has 0 bridgehead atoms. The molecule has 0 saturated heterocycles. The molecule has 0 amide bonds. The van der Waals surface area contributed by atoms with Crippen LogP contribution >= 0.6 is 11.3 Å². The number of aromatic nitrogens is 5. The van der Waals surface area contributed by atoms with E-state index >= 15 is 0 Å². The van der Waals surface area contributed by atoms with Gasteiger partial charge >= 0.3 is 0 Å². The lowest BCUT2D eigenvalue weighted by atomic mass is 10.2. The van der Waals surface area contributed by atoms with Crippen molar-refractivity contribution in [1.82, 2.24) is 24.6 Å². The van der Waals surface area contributed by atoms with Crippen molar-refractivity contribution in [3.63, 3.8) is 0 Å². The predicted octanol–water partition coefficient (Wildman–Crippen LogP) is 3.95. The second kappa shape index (κ2) is 7.17. The molecular formula is C18H17FN6S. The molecule has 6 nitrogen and oxygen atoms in total. The quantitative estimate of drug-likeness (QED) is 0.558. The van der Waals surface area contributed by atoms with E-state index in [0.29, 0.717) is 23.6 Å². The first-order valence-electron chi connectivity index (χ1n) is 8.37. The topological polar surface area (TPSA) is 68.0 Å². The van der Waals surface area contributed by atoms with Crippen molar-refractivity contribution < 1.29 is 4.39 Å². The van der Waals surface area contributed by atoms with Crippen LogP contribution in [0.4, 0.5) is 10.2 Å². The van der Waals surface area contributed by atoms with E-state index in [1.54, 1.807) is 16.6 Å². The molecule has 0 fully saturated rings. The summed E-state index contributed by atoms with van der Waals surface area (Å²) < 4.78 is 15.6. The number of benzene rings is 1. The molecule has 3 aromatic heterocycles. The highest BCUT2D eigenvalue weighted by Gasteiger charge is 2.11. The summed E-state index contributed by atoms with van der Waals surface area (Å²) in [6.07, 6.45) is 3.38. The maximum Gasteiger partial charge on any atom is 0.254 e. The summed E-state index contributed by atoms with van der Waals surface area (Å²) in [4.78, 5) is 13.2. The fourth-order valence-electron chi connectivity index (χ4n) is 2.72. The van der Waals surface area contributed by atoms with E-state index in [4.69, 9.17) is 0 Å². The molecule has 3 heterocycles. The summed E-state index contributed by atoms with van der Waals surface area (Å²) in [6, 6.07) is 8.65. The van der Waals surface area contributed by atoms with Crippen LogP contribution in [0.2, 0.25) is 0 Å². The lowest BCUT2D eigenvalue weighted by Gasteiger charge is -2.08. The molecule has 0 aliphatic rings. The molecule has 0 aliphatic carbocycles. The van der Waals surface area contributed by atoms with Gasteiger partial charge in [0.1, 0.15) is 23.0 Å². The Hall–Kier alpha value is -2.87. The van der Waals surface area contributed by atoms with Gasteiger partial charge in [0.15, 0.2) is 0 Å². The Kier molecular flexibility index (Phi) is 4.57. The Morgan fingerprint density at radius 1 is 1.23 bits per heavy atom. The number of hydrogen-bond donors (Lipinski definition) is 1. The molecule has 0 saturated carbocycles. The Balaban J connectivity index is 1.56. The van der Waals surface area contributed by atoms with E-state index < -0.39 is 0 Å². The summed E-state index contributed by atoms with van der Waals surface area (Å²) in [5.74, 6) is 1.13. The van der Waals surface area contributed by atoms with Crippen molar-refractivity contribution in [2.24, 2.45) is 0 Å². The minimum atomic E-state index is -0.264. The summed E-state index contributed by atoms with van der Waals surface area (Å²) in [5, 5.41) is 10.3. The van der Waals surface area contributed by atoms with Crippen LogP contribution in [0, 0.1) is 5.82 Å². The second-order valence-electron chi connectivity index (χ2n) is 5.81. The van der Waals surface area contributed by atoms with Gasteiger partial charge in [-0.3, -0.25) is 0 Å². The van der Waals surface area contributed by atoms with Gasteiger partial charge < -0.3 is 5.32 Å². The number of fused-ring (bicyclic) bond motifs is 1. The fourth-order valence-corrected chi connectivity index (χ4v) is 3.46. The molecule has 1 aromatic carbocycles. The van der Waals surface area contributed by atoms with Crippen LogP contribution in [0.5, 0.6) is 0 Å². The van der Waals surface area contributed by atoms with Gasteiger partial charge in [-0.25, -0.2) is 14.4 Å². The summed E-state index contributed by atoms with van der Waals surface area (Å²) in [7, 11) is 0. The zero-order chi connectivity index (χ0) is 17.9. The average Bonchev–Trinajstić information content (AvgIpc) is 3.29. The van der Waals surface area contributed by atoms with Crippen LogP contribution in [0.3, 0.4) is 0 Å². The maximum atomic E-state index is 13.9. The van der Waals surface area contributed by atoms with Crippen LogP contribution in [0.25, 0.3) is 17.0 Å². The largest absolute Gasteiger partial charge is 0.363 e. The van der Waals surface area contributed by atoms with Gasteiger partial charge in [-0.15, -0.1) is 11.3 Å². The van der Waals surface area contributed by atoms with Crippen LogP contribution in [0.15, 0.2) is 42.0 Å². The van der Waals surface area contributed by atoms with Gasteiger partial charge in [-0.05, 0) is 18.6 Å². The molecule has 26 heavy (non-hydrogen) atoms. The highest BCUT2D eigenvalue weighted by molar-refractivity contribution is 7.09. The number of anilines is 1. The zero-order valence-corrected chi connectivity index (χ0v) is 15.0. The Labute approximate surface area is 153 Å². The Morgan fingerprint density at radius 2 is 2.12 bits per heavy atom. The van der Waals surface area contributed by atoms with E-state index in [1.165, 1.54) is 23.7 Å². The van der Waals surface area contributed by atoms with Gasteiger partial charge in [-0.2, -0.15) is 14.6 Å². The van der Waals surface area contributed by atoms with Crippen LogP contribution in [-0.2, 0) is 13.0 Å². The minimum absolute atomic E-state index is 0.264. The third-order valence-corrected chi connectivity index (χ3v) is 4.78. The smallest absolute Gasteiger partial charge is 0.254 e. The van der Waals surface area contributed by atoms with E-state index in [2.05, 4.69) is 32.3 Å². The second-order valence-corrected chi connectivity index (χ2v) is 6.76. The van der Waals surface area contributed by atoms with E-state index in [9.17, 15) is 4.39 Å². The third kappa shape index (κ3) is 3.28. The molecule has 0 radical (unpaired) electrons. The number of hydrogen-bond acceptors (Lipinski definition) is 6. The van der Waals surface area contributed by atoms with Crippen molar-refractivity contribution in [1.29, 1.82) is 0 Å². The fraction of sp³-hybridized carbons (Fsp3) is 0.222. The Bertz CT molecular complexity index is 1040. The number of nitrogens with zero attached hydrogens (tertiary/aromatic N) is 5. The standard InChI is InChI=1S/C18H17FN6S/c1-2-5-12-8-16(25-18(23-12)21-11-22-25)20-9-17-24-15(10-26-17)13-6-3-4-7-14(13)19/h3-4,6-8,10-11,20H,2,5,9H2,1H3. The highest BCUT2D eigenvalue weighted by atomic mass is 32.1. The SMILES string of the molecule is CCCc1cc(NCc2nc(-c3ccccc3F)cs2)n2ncnc2n1. The molecule has 0 unspecified atom stereocenters. The van der Waals surface area contributed by atoms with Crippen molar-refractivity contribution in [2.75, 3.05) is 5.32 Å². The van der Waals surface area contributed by atoms with Gasteiger partial charge in [0, 0.05) is 22.7 Å². The van der Waals surface area contributed by atoms with Gasteiger partial charge in [0.05, 0.1) is 12.2 Å². The number of nitrogens with one attached hydrogen (secondary N) is 1. The Morgan fingerprint density at radius 3 is 2.96 bits per heavy atom. The summed E-state index contributed by atoms with van der Waals surface area (Å²) >= 11 is 1.49. The molecule has 0 spiro atoms. The monoisotopic (exact) mass is 368 g/mol. The predicted molar refractivity (Wildman–Crippen MR) is 99.6 cm³/mol. The maximum absolute atomic E-state index is 13.9. The number of halogens is 1. The molecule has 4 aromatic rings. The van der Waals surface area contributed by atoms with Crippen molar-refractivity contribution in [3.8, 4) is 11.3 Å². The van der Waals surface area contributed by atoms with Gasteiger partial charge in [-0.1, -0.05) is 25.5 Å². The first-order valence-corrected chi connectivity index (χ1v) is 9.25. The van der Waals surface area contributed by atoms with Crippen molar-refractivity contribution in [2.45, 2.75) is 26.3 Å². The molecule has 1 N–H and O–H groups in total. The number of aryl methyl sites for hydroxylation is 1. The van der Waals surface area contributed by atoms with Crippen LogP contribution < -0.4 is 5.32 Å². The summed E-state index contributed by atoms with van der Waals surface area (Å²) in [5.41, 5.74) is 2.14. The van der Waals surface area contributed by atoms with Crippen LogP contribution in [-0.4, -0.2) is 24.6 Å².